The molecule has 0 fully saturated rings. The zero-order valence-electron chi connectivity index (χ0n) is 6.28. The van der Waals surface area contributed by atoms with Gasteiger partial charge in [0.25, 0.3) is 9.52 Å². The van der Waals surface area contributed by atoms with Crippen molar-refractivity contribution in [2.75, 3.05) is 0 Å². The summed E-state index contributed by atoms with van der Waals surface area (Å²) in [6.07, 6.45) is -12.9. The van der Waals surface area contributed by atoms with Crippen molar-refractivity contribution < 1.29 is 43.9 Å². The Balaban J connectivity index is 4.89. The Morgan fingerprint density at radius 2 is 0.667 bits per heavy atom. The molecule has 0 N–H and O–H groups in total. The predicted octanol–water partition coefficient (Wildman–Crippen LogP) is 3.00. The first-order valence-electron chi connectivity index (χ1n) is 2.89. The zero-order valence-corrected chi connectivity index (χ0v) is 7.28. The molecule has 0 aromatic rings. The molecule has 0 saturated heterocycles. The molecule has 15 heavy (non-hydrogen) atoms. The molecule has 0 nitrogen and oxygen atoms in total. The normalized spacial score (nSPS) is 15.6. The highest BCUT2D eigenvalue weighted by Gasteiger charge is 2.69. The highest BCUT2D eigenvalue weighted by Crippen LogP contribution is 2.42. The van der Waals surface area contributed by atoms with E-state index in [2.05, 4.69) is 0 Å². The lowest BCUT2D eigenvalue weighted by atomic mass is 10.7. The average molecular weight is 266 g/mol. The van der Waals surface area contributed by atoms with Crippen LogP contribution in [0.4, 0.5) is 43.9 Å². The van der Waals surface area contributed by atoms with E-state index in [1.54, 1.807) is 0 Å². The van der Waals surface area contributed by atoms with Crippen molar-refractivity contribution in [2.24, 2.45) is 0 Å². The van der Waals surface area contributed by atoms with Crippen LogP contribution in [0.2, 0.25) is 0 Å². The molecule has 0 spiro atoms. The topological polar surface area (TPSA) is 0 Å². The van der Waals surface area contributed by atoms with E-state index in [1.807, 2.05) is 0 Å². The van der Waals surface area contributed by atoms with Crippen LogP contribution in [0.15, 0.2) is 0 Å². The lowest BCUT2D eigenvalue weighted by Crippen LogP contribution is -2.55. The first kappa shape index (κ1) is 14.5. The van der Waals surface area contributed by atoms with Crippen LogP contribution in [0.25, 0.3) is 0 Å². The second kappa shape index (κ2) is 3.52. The first-order valence-corrected chi connectivity index (χ1v) is 3.89. The first-order chi connectivity index (χ1) is 6.21. The fourth-order valence-corrected chi connectivity index (χ4v) is 1.02. The van der Waals surface area contributed by atoms with Gasteiger partial charge in [-0.1, -0.05) is 0 Å². The molecular weight excluding hydrogens is 266 g/mol. The van der Waals surface area contributed by atoms with Crippen molar-refractivity contribution in [3.8, 4) is 0 Å². The zero-order chi connectivity index (χ0) is 12.7. The largest absolute Gasteiger partial charge is 0.448 e. The Kier molecular flexibility index (Phi) is 3.41. The van der Waals surface area contributed by atoms with Crippen molar-refractivity contribution >= 4 is 9.52 Å². The summed E-state index contributed by atoms with van der Waals surface area (Å²) in [5, 5.41) is 0. The smallest absolute Gasteiger partial charge is 0.202 e. The highest BCUT2D eigenvalue weighted by molar-refractivity contribution is 6.42. The molecule has 90 valence electrons. The minimum atomic E-state index is -6.43. The molecule has 0 aliphatic heterocycles. The fraction of sp³-hybridized carbons (Fsp3) is 1.00. The van der Waals surface area contributed by atoms with Crippen molar-refractivity contribution in [3.63, 3.8) is 0 Å². The van der Waals surface area contributed by atoms with Gasteiger partial charge in [-0.25, -0.2) is 17.6 Å². The third-order valence-corrected chi connectivity index (χ3v) is 2.22. The number of alkyl halides is 10. The summed E-state index contributed by atoms with van der Waals surface area (Å²) in [6, 6.07) is 0. The predicted molar refractivity (Wildman–Crippen MR) is 27.8 cm³/mol. The summed E-state index contributed by atoms with van der Waals surface area (Å²) in [5.41, 5.74) is -12.1. The quantitative estimate of drug-likeness (QED) is 0.532. The van der Waals surface area contributed by atoms with Crippen LogP contribution in [0.1, 0.15) is 0 Å². The maximum atomic E-state index is 11.9. The summed E-state index contributed by atoms with van der Waals surface area (Å²) in [6.45, 7) is 0. The second-order valence-electron chi connectivity index (χ2n) is 2.27. The van der Waals surface area contributed by atoms with E-state index < -0.39 is 33.0 Å². The van der Waals surface area contributed by atoms with Gasteiger partial charge in [0, 0.05) is 0 Å². The maximum absolute atomic E-state index is 11.9. The molecule has 0 amide bonds. The van der Waals surface area contributed by atoms with Gasteiger partial charge in [0.15, 0.2) is 0 Å². The van der Waals surface area contributed by atoms with E-state index in [1.165, 1.54) is 0 Å². The van der Waals surface area contributed by atoms with Crippen molar-refractivity contribution in [3.05, 3.63) is 0 Å². The summed E-state index contributed by atoms with van der Waals surface area (Å²) < 4.78 is 115. The Labute approximate surface area is 78.1 Å². The van der Waals surface area contributed by atoms with Crippen LogP contribution >= 0.6 is 0 Å². The summed E-state index contributed by atoms with van der Waals surface area (Å²) in [5.74, 6) is 0. The van der Waals surface area contributed by atoms with E-state index in [4.69, 9.17) is 0 Å². The molecule has 0 aromatic heterocycles. The van der Waals surface area contributed by atoms with Gasteiger partial charge in [0.2, 0.25) is 0 Å². The van der Waals surface area contributed by atoms with Crippen LogP contribution < -0.4 is 0 Å². The molecule has 2 radical (unpaired) electrons. The van der Waals surface area contributed by atoms with Crippen molar-refractivity contribution in [2.45, 2.75) is 23.4 Å². The van der Waals surface area contributed by atoms with Crippen LogP contribution in [-0.2, 0) is 0 Å². The average Bonchev–Trinajstić information content (AvgIpc) is 1.77. The van der Waals surface area contributed by atoms with Gasteiger partial charge in [-0.15, -0.1) is 0 Å². The Morgan fingerprint density at radius 3 is 0.800 bits per heavy atom. The second-order valence-corrected chi connectivity index (χ2v) is 3.78. The number of halogens is 10. The molecule has 0 heterocycles. The van der Waals surface area contributed by atoms with Gasteiger partial charge in [-0.2, -0.15) is 26.3 Å². The SMILES string of the molecule is FC(F)(F)C(F)(F)[Si]C(F)(F)C(F)(F)F. The molecule has 0 atom stereocenters. The molecule has 0 unspecified atom stereocenters. The molecule has 0 aliphatic rings. The highest BCUT2D eigenvalue weighted by atomic mass is 28.2. The number of hydrogen-bond acceptors (Lipinski definition) is 0. The standard InChI is InChI=1S/C4F10Si/c5-1(6,7)3(11,12)15-4(13,14)2(8,9)10. The third kappa shape index (κ3) is 3.24. The van der Waals surface area contributed by atoms with Gasteiger partial charge in [-0.3, -0.25) is 0 Å². The van der Waals surface area contributed by atoms with Crippen LogP contribution in [0, 0.1) is 0 Å². The summed E-state index contributed by atoms with van der Waals surface area (Å²) >= 11 is 0. The molecule has 0 saturated carbocycles. The van der Waals surface area contributed by atoms with Gasteiger partial charge in [-0.05, 0) is 0 Å². The molecule has 0 bridgehead atoms. The van der Waals surface area contributed by atoms with E-state index in [0.29, 0.717) is 0 Å². The van der Waals surface area contributed by atoms with Crippen LogP contribution in [-0.4, -0.2) is 33.0 Å². The fourth-order valence-electron chi connectivity index (χ4n) is 0.339. The number of rotatable bonds is 2. The van der Waals surface area contributed by atoms with Crippen LogP contribution in [0.3, 0.4) is 0 Å². The summed E-state index contributed by atoms with van der Waals surface area (Å²) in [7, 11) is -3.93. The van der Waals surface area contributed by atoms with Crippen molar-refractivity contribution in [1.82, 2.24) is 0 Å². The van der Waals surface area contributed by atoms with Crippen molar-refractivity contribution in [1.29, 1.82) is 0 Å². The minimum Gasteiger partial charge on any atom is -0.202 e. The van der Waals surface area contributed by atoms with Crippen LogP contribution in [0.5, 0.6) is 0 Å². The Hall–Kier alpha value is -0.483. The molecule has 0 rings (SSSR count). The lowest BCUT2D eigenvalue weighted by molar-refractivity contribution is -0.268. The van der Waals surface area contributed by atoms with Gasteiger partial charge < -0.3 is 0 Å². The maximum Gasteiger partial charge on any atom is 0.448 e. The summed E-state index contributed by atoms with van der Waals surface area (Å²) in [4.78, 5) is 0. The van der Waals surface area contributed by atoms with E-state index in [0.717, 1.165) is 0 Å². The van der Waals surface area contributed by atoms with Gasteiger partial charge in [0.05, 0.1) is 0 Å². The Bertz CT molecular complexity index is 199. The van der Waals surface area contributed by atoms with E-state index in [9.17, 15) is 43.9 Å². The van der Waals surface area contributed by atoms with Gasteiger partial charge >= 0.3 is 23.4 Å². The molecule has 11 heteroatoms. The van der Waals surface area contributed by atoms with E-state index >= 15 is 0 Å². The molecular formula is C4F10Si. The monoisotopic (exact) mass is 266 g/mol. The molecule has 0 aromatic carbocycles. The minimum absolute atomic E-state index is 3.93. The van der Waals surface area contributed by atoms with Gasteiger partial charge in [0.1, 0.15) is 0 Å². The molecule has 0 aliphatic carbocycles. The third-order valence-electron chi connectivity index (χ3n) is 1.03. The Morgan fingerprint density at radius 1 is 0.467 bits per heavy atom. The van der Waals surface area contributed by atoms with E-state index in [-0.39, 0.29) is 0 Å². The number of hydrogen-bond donors (Lipinski definition) is 0. The lowest BCUT2D eigenvalue weighted by Gasteiger charge is -2.25.